The number of hydrogen-bond acceptors (Lipinski definition) is 6. The lowest BCUT2D eigenvalue weighted by Crippen LogP contribution is -2.15. The lowest BCUT2D eigenvalue weighted by Gasteiger charge is -2.20. The first kappa shape index (κ1) is 22.9. The Kier molecular flexibility index (Phi) is 6.20. The first-order valence-corrected chi connectivity index (χ1v) is 11.6. The minimum Gasteiger partial charge on any atom is -0.455 e. The summed E-state index contributed by atoms with van der Waals surface area (Å²) in [4.78, 5) is 31.7. The van der Waals surface area contributed by atoms with Gasteiger partial charge in [0, 0.05) is 29.0 Å². The van der Waals surface area contributed by atoms with Crippen molar-refractivity contribution in [2.45, 2.75) is 31.8 Å². The quantitative estimate of drug-likeness (QED) is 0.367. The molecule has 0 saturated carbocycles. The summed E-state index contributed by atoms with van der Waals surface area (Å²) in [5.74, 6) is 0.327. The van der Waals surface area contributed by atoms with Crippen LogP contribution < -0.4 is 21.4 Å². The van der Waals surface area contributed by atoms with E-state index in [0.29, 0.717) is 39.1 Å². The first-order valence-electron chi connectivity index (χ1n) is 10.0. The number of nitrogens with two attached hydrogens (primary N) is 1. The maximum Gasteiger partial charge on any atom is 0.248 e. The van der Waals surface area contributed by atoms with Crippen LogP contribution in [0.25, 0.3) is 22.3 Å². The Hall–Kier alpha value is -3.27. The van der Waals surface area contributed by atoms with E-state index < -0.39 is 11.0 Å². The van der Waals surface area contributed by atoms with Gasteiger partial charge >= 0.3 is 0 Å². The fraction of sp³-hybridized carbons (Fsp3) is 0.174. The molecule has 8 nitrogen and oxygen atoms in total. The zero-order valence-electron chi connectivity index (χ0n) is 18.1. The fourth-order valence-electron chi connectivity index (χ4n) is 3.74. The molecule has 3 heterocycles. The molecule has 0 amide bonds. The summed E-state index contributed by atoms with van der Waals surface area (Å²) in [6, 6.07) is 9.57. The highest BCUT2D eigenvalue weighted by molar-refractivity contribution is 7.82. The Morgan fingerprint density at radius 1 is 1.18 bits per heavy atom. The molecule has 0 saturated heterocycles. The molecule has 4 N–H and O–H groups in total. The Morgan fingerprint density at radius 3 is 2.64 bits per heavy atom. The van der Waals surface area contributed by atoms with Crippen LogP contribution >= 0.6 is 11.6 Å². The van der Waals surface area contributed by atoms with E-state index in [1.807, 2.05) is 19.9 Å². The molecule has 0 aliphatic heterocycles. The maximum absolute atomic E-state index is 13.2. The van der Waals surface area contributed by atoms with E-state index in [0.717, 1.165) is 5.56 Å². The van der Waals surface area contributed by atoms with Gasteiger partial charge in [0.2, 0.25) is 5.56 Å². The highest BCUT2D eigenvalue weighted by Gasteiger charge is 2.20. The third-order valence-electron chi connectivity index (χ3n) is 5.28. The molecule has 0 bridgehead atoms. The van der Waals surface area contributed by atoms with Gasteiger partial charge in [0.15, 0.2) is 10.5 Å². The molecule has 3 aromatic heterocycles. The van der Waals surface area contributed by atoms with Crippen molar-refractivity contribution >= 4 is 39.2 Å². The molecule has 33 heavy (non-hydrogen) atoms. The highest BCUT2D eigenvalue weighted by atomic mass is 35.5. The van der Waals surface area contributed by atoms with Gasteiger partial charge in [-0.15, -0.1) is 0 Å². The van der Waals surface area contributed by atoms with Gasteiger partial charge < -0.3 is 14.7 Å². The Bertz CT molecular complexity index is 1530. The van der Waals surface area contributed by atoms with Crippen LogP contribution in [0.3, 0.4) is 0 Å². The number of aryl methyl sites for hydroxylation is 1. The van der Waals surface area contributed by atoms with E-state index in [2.05, 4.69) is 15.3 Å². The van der Waals surface area contributed by atoms with Crippen molar-refractivity contribution in [3.63, 3.8) is 0 Å². The predicted octanol–water partition coefficient (Wildman–Crippen LogP) is 3.97. The second-order valence-electron chi connectivity index (χ2n) is 7.71. The van der Waals surface area contributed by atoms with Gasteiger partial charge in [0.1, 0.15) is 27.5 Å². The number of H-pyrrole nitrogens is 1. The van der Waals surface area contributed by atoms with Crippen LogP contribution in [0.5, 0.6) is 0 Å². The standard InChI is InChI=1S/C23H21ClN4O4S/c1-11-8-15(13(3)27-17-4-5-18(24)28-23(17)33(25)31)22-16(9-11)20(30)12(2)21(32-22)14-6-7-26-19(29)10-14/h4-10,13,27H,25H2,1-3H3,(H,26,29)/t13-,33?/m1/s1. The summed E-state index contributed by atoms with van der Waals surface area (Å²) in [6.07, 6.45) is 1.50. The molecular formula is C23H21ClN4O4S. The van der Waals surface area contributed by atoms with E-state index in [-0.39, 0.29) is 27.2 Å². The van der Waals surface area contributed by atoms with Crippen molar-refractivity contribution in [3.8, 4) is 11.3 Å². The van der Waals surface area contributed by atoms with Crippen molar-refractivity contribution < 1.29 is 8.63 Å². The lowest BCUT2D eigenvalue weighted by molar-refractivity contribution is 0.605. The van der Waals surface area contributed by atoms with Crippen molar-refractivity contribution in [1.82, 2.24) is 9.97 Å². The van der Waals surface area contributed by atoms with E-state index in [4.69, 9.17) is 21.2 Å². The third-order valence-corrected chi connectivity index (χ3v) is 6.19. The average molecular weight is 485 g/mol. The van der Waals surface area contributed by atoms with Gasteiger partial charge in [0.05, 0.1) is 17.1 Å². The second kappa shape index (κ2) is 8.93. The van der Waals surface area contributed by atoms with Crippen molar-refractivity contribution in [2.24, 2.45) is 5.14 Å². The number of nitrogens with one attached hydrogen (secondary N) is 2. The molecule has 0 radical (unpaired) electrons. The summed E-state index contributed by atoms with van der Waals surface area (Å²) in [7, 11) is -1.86. The number of nitrogens with zero attached hydrogens (tertiary/aromatic N) is 1. The van der Waals surface area contributed by atoms with Gasteiger partial charge in [-0.1, -0.05) is 17.7 Å². The molecule has 0 aliphatic carbocycles. The third kappa shape index (κ3) is 4.47. The van der Waals surface area contributed by atoms with Gasteiger partial charge in [-0.25, -0.2) is 14.3 Å². The molecule has 10 heteroatoms. The first-order chi connectivity index (χ1) is 15.7. The van der Waals surface area contributed by atoms with Crippen LogP contribution in [0.1, 0.15) is 29.7 Å². The van der Waals surface area contributed by atoms with E-state index in [1.54, 1.807) is 31.2 Å². The molecule has 1 aromatic carbocycles. The van der Waals surface area contributed by atoms with Crippen LogP contribution in [-0.4, -0.2) is 14.2 Å². The van der Waals surface area contributed by atoms with Crippen LogP contribution in [0.2, 0.25) is 5.15 Å². The normalized spacial score (nSPS) is 13.1. The smallest absolute Gasteiger partial charge is 0.248 e. The van der Waals surface area contributed by atoms with Crippen LogP contribution in [0, 0.1) is 13.8 Å². The average Bonchev–Trinajstić information content (AvgIpc) is 2.77. The molecule has 4 rings (SSSR count). The number of halogens is 1. The monoisotopic (exact) mass is 484 g/mol. The van der Waals surface area contributed by atoms with Gasteiger partial charge in [-0.3, -0.25) is 9.59 Å². The highest BCUT2D eigenvalue weighted by Crippen LogP contribution is 2.32. The number of benzene rings is 1. The van der Waals surface area contributed by atoms with Gasteiger partial charge in [0.25, 0.3) is 0 Å². The van der Waals surface area contributed by atoms with Gasteiger partial charge in [-0.2, -0.15) is 0 Å². The summed E-state index contributed by atoms with van der Waals surface area (Å²) in [5, 5.41) is 9.54. The number of aromatic nitrogens is 2. The van der Waals surface area contributed by atoms with Crippen LogP contribution in [0.15, 0.2) is 61.6 Å². The summed E-state index contributed by atoms with van der Waals surface area (Å²) >= 11 is 5.93. The van der Waals surface area contributed by atoms with E-state index in [9.17, 15) is 13.8 Å². The number of aromatic amines is 1. The summed E-state index contributed by atoms with van der Waals surface area (Å²) in [5.41, 5.74) is 2.86. The molecule has 0 fully saturated rings. The minimum atomic E-state index is -1.86. The van der Waals surface area contributed by atoms with Crippen molar-refractivity contribution in [1.29, 1.82) is 0 Å². The predicted molar refractivity (Wildman–Crippen MR) is 130 cm³/mol. The number of anilines is 1. The molecule has 2 atom stereocenters. The summed E-state index contributed by atoms with van der Waals surface area (Å²) < 4.78 is 18.2. The zero-order chi connectivity index (χ0) is 23.9. The largest absolute Gasteiger partial charge is 0.455 e. The van der Waals surface area contributed by atoms with Crippen LogP contribution in [0.4, 0.5) is 5.69 Å². The molecule has 0 aliphatic rings. The Labute approximate surface area is 196 Å². The summed E-state index contributed by atoms with van der Waals surface area (Å²) in [6.45, 7) is 5.44. The molecule has 4 aromatic rings. The number of hydrogen-bond donors (Lipinski definition) is 3. The van der Waals surface area contributed by atoms with Gasteiger partial charge in [-0.05, 0) is 50.6 Å². The van der Waals surface area contributed by atoms with Crippen LogP contribution in [-0.2, 0) is 11.0 Å². The number of pyridine rings is 2. The van der Waals surface area contributed by atoms with Crippen molar-refractivity contribution in [2.75, 3.05) is 5.32 Å². The Balaban J connectivity index is 1.90. The molecule has 1 unspecified atom stereocenters. The lowest BCUT2D eigenvalue weighted by atomic mass is 9.99. The Morgan fingerprint density at radius 2 is 1.94 bits per heavy atom. The number of rotatable bonds is 5. The zero-order valence-corrected chi connectivity index (χ0v) is 19.6. The van der Waals surface area contributed by atoms with E-state index in [1.165, 1.54) is 12.3 Å². The second-order valence-corrected chi connectivity index (χ2v) is 9.08. The van der Waals surface area contributed by atoms with Crippen molar-refractivity contribution in [3.05, 3.63) is 85.0 Å². The minimum absolute atomic E-state index is 0.118. The molecule has 170 valence electrons. The molecular weight excluding hydrogens is 464 g/mol. The SMILES string of the molecule is Cc1cc([C@@H](C)Nc2ccc(Cl)nc2S(N)=O)c2oc(-c3cc[nH]c(=O)c3)c(C)c(=O)c2c1. The fourth-order valence-corrected chi connectivity index (χ4v) is 4.47. The number of fused-ring (bicyclic) bond motifs is 1. The molecule has 0 spiro atoms. The topological polar surface area (TPSA) is 131 Å². The van der Waals surface area contributed by atoms with E-state index >= 15 is 0 Å². The maximum atomic E-state index is 13.2.